The first kappa shape index (κ1) is 12.3. The average molecular weight is 264 g/mol. The van der Waals surface area contributed by atoms with Gasteiger partial charge in [0.1, 0.15) is 0 Å². The smallest absolute Gasteiger partial charge is 0.174 e. The van der Waals surface area contributed by atoms with Gasteiger partial charge in [0.05, 0.1) is 6.07 Å². The zero-order chi connectivity index (χ0) is 11.6. The lowest BCUT2D eigenvalue weighted by Crippen LogP contribution is -2.09. The first-order valence-corrected chi connectivity index (χ1v) is 6.60. The number of rotatable bonds is 2. The molecule has 0 amide bonds. The average Bonchev–Trinajstić information content (AvgIpc) is 2.07. The van der Waals surface area contributed by atoms with Gasteiger partial charge in [-0.05, 0) is 12.1 Å². The van der Waals surface area contributed by atoms with E-state index in [9.17, 15) is 8.42 Å². The maximum Gasteiger partial charge on any atom is 0.174 e. The van der Waals surface area contributed by atoms with E-state index in [0.29, 0.717) is 5.02 Å². The predicted molar refractivity (Wildman–Crippen MR) is 59.7 cm³/mol. The highest BCUT2D eigenvalue weighted by atomic mass is 35.5. The molecule has 0 spiro atoms. The van der Waals surface area contributed by atoms with Crippen LogP contribution in [0.15, 0.2) is 18.2 Å². The molecule has 1 unspecified atom stereocenters. The van der Waals surface area contributed by atoms with Crippen LogP contribution in [0.3, 0.4) is 0 Å². The minimum Gasteiger partial charge on any atom is -0.227 e. The number of hydrogen-bond donors (Lipinski definition) is 0. The van der Waals surface area contributed by atoms with Crippen molar-refractivity contribution >= 4 is 33.0 Å². The fourth-order valence-electron chi connectivity index (χ4n) is 1.11. The van der Waals surface area contributed by atoms with E-state index in [1.165, 1.54) is 18.2 Å². The summed E-state index contributed by atoms with van der Waals surface area (Å²) in [4.78, 5) is 0. The summed E-state index contributed by atoms with van der Waals surface area (Å²) in [6.45, 7) is 0. The van der Waals surface area contributed by atoms with Gasteiger partial charge in [0.25, 0.3) is 0 Å². The molecular weight excluding hydrogens is 257 g/mol. The van der Waals surface area contributed by atoms with E-state index in [2.05, 4.69) is 0 Å². The summed E-state index contributed by atoms with van der Waals surface area (Å²) in [5, 5.41) is 8.12. The Bertz CT molecular complexity index is 519. The zero-order valence-electron chi connectivity index (χ0n) is 7.74. The van der Waals surface area contributed by atoms with Gasteiger partial charge < -0.3 is 0 Å². The van der Waals surface area contributed by atoms with Gasteiger partial charge in [-0.1, -0.05) is 29.3 Å². The SMILES string of the molecule is CS(=O)(=O)C(C#N)c1ccc(Cl)cc1Cl. The Balaban J connectivity index is 3.34. The zero-order valence-corrected chi connectivity index (χ0v) is 10.1. The normalized spacial score (nSPS) is 13.2. The summed E-state index contributed by atoms with van der Waals surface area (Å²) >= 11 is 11.5. The molecule has 0 fully saturated rings. The Labute approximate surface area is 98.2 Å². The lowest BCUT2D eigenvalue weighted by molar-refractivity contribution is 0.597. The molecule has 0 saturated carbocycles. The van der Waals surface area contributed by atoms with Crippen molar-refractivity contribution in [2.24, 2.45) is 0 Å². The van der Waals surface area contributed by atoms with E-state index >= 15 is 0 Å². The minimum absolute atomic E-state index is 0.180. The molecule has 1 aromatic carbocycles. The second kappa shape index (κ2) is 4.40. The van der Waals surface area contributed by atoms with E-state index in [-0.39, 0.29) is 10.6 Å². The molecule has 0 bridgehead atoms. The molecule has 0 aromatic heterocycles. The van der Waals surface area contributed by atoms with Crippen LogP contribution in [0.2, 0.25) is 10.0 Å². The third kappa shape index (κ3) is 2.85. The van der Waals surface area contributed by atoms with Crippen LogP contribution in [0.25, 0.3) is 0 Å². The fourth-order valence-corrected chi connectivity index (χ4v) is 2.55. The summed E-state index contributed by atoms with van der Waals surface area (Å²) in [6, 6.07) is 6.06. The number of nitrogens with zero attached hydrogens (tertiary/aromatic N) is 1. The van der Waals surface area contributed by atoms with Gasteiger partial charge in [0, 0.05) is 21.9 Å². The molecular formula is C9H7Cl2NO2S. The van der Waals surface area contributed by atoms with Crippen molar-refractivity contribution in [2.45, 2.75) is 5.25 Å². The van der Waals surface area contributed by atoms with Gasteiger partial charge in [-0.25, -0.2) is 8.42 Å². The van der Waals surface area contributed by atoms with E-state index in [0.717, 1.165) is 6.26 Å². The number of sulfone groups is 1. The van der Waals surface area contributed by atoms with Crippen molar-refractivity contribution in [3.63, 3.8) is 0 Å². The van der Waals surface area contributed by atoms with E-state index in [1.54, 1.807) is 6.07 Å². The van der Waals surface area contributed by atoms with Crippen molar-refractivity contribution in [1.82, 2.24) is 0 Å². The van der Waals surface area contributed by atoms with E-state index < -0.39 is 15.1 Å². The number of halogens is 2. The molecule has 80 valence electrons. The molecule has 3 nitrogen and oxygen atoms in total. The molecule has 0 aliphatic heterocycles. The van der Waals surface area contributed by atoms with Gasteiger partial charge in [0.15, 0.2) is 15.1 Å². The molecule has 1 rings (SSSR count). The van der Waals surface area contributed by atoms with Crippen molar-refractivity contribution in [2.75, 3.05) is 6.26 Å². The first-order valence-electron chi connectivity index (χ1n) is 3.89. The molecule has 0 saturated heterocycles. The van der Waals surface area contributed by atoms with Gasteiger partial charge in [-0.15, -0.1) is 0 Å². The first-order chi connectivity index (χ1) is 6.86. The molecule has 1 atom stereocenters. The quantitative estimate of drug-likeness (QED) is 0.824. The summed E-state index contributed by atoms with van der Waals surface area (Å²) < 4.78 is 22.6. The van der Waals surface area contributed by atoms with Crippen LogP contribution in [-0.2, 0) is 9.84 Å². The van der Waals surface area contributed by atoms with Crippen LogP contribution in [0.1, 0.15) is 10.8 Å². The van der Waals surface area contributed by atoms with Gasteiger partial charge in [-0.3, -0.25) is 0 Å². The molecule has 0 radical (unpaired) electrons. The summed E-state index contributed by atoms with van der Waals surface area (Å²) in [7, 11) is -3.49. The third-order valence-electron chi connectivity index (χ3n) is 1.79. The van der Waals surface area contributed by atoms with Crippen LogP contribution in [0, 0.1) is 11.3 Å². The van der Waals surface area contributed by atoms with Gasteiger partial charge in [-0.2, -0.15) is 5.26 Å². The Hall–Kier alpha value is -0.760. The molecule has 15 heavy (non-hydrogen) atoms. The van der Waals surface area contributed by atoms with Crippen LogP contribution >= 0.6 is 23.2 Å². The maximum atomic E-state index is 11.3. The predicted octanol–water partition coefficient (Wildman–Crippen LogP) is 2.60. The Morgan fingerprint density at radius 1 is 1.40 bits per heavy atom. The summed E-state index contributed by atoms with van der Waals surface area (Å²) in [5.74, 6) is 0. The van der Waals surface area contributed by atoms with Gasteiger partial charge >= 0.3 is 0 Å². The van der Waals surface area contributed by atoms with Crippen molar-refractivity contribution in [3.8, 4) is 6.07 Å². The monoisotopic (exact) mass is 263 g/mol. The lowest BCUT2D eigenvalue weighted by atomic mass is 10.1. The minimum atomic E-state index is -3.49. The number of benzene rings is 1. The highest BCUT2D eigenvalue weighted by molar-refractivity contribution is 7.91. The fraction of sp³-hybridized carbons (Fsp3) is 0.222. The third-order valence-corrected chi connectivity index (χ3v) is 3.57. The molecule has 1 aromatic rings. The topological polar surface area (TPSA) is 57.9 Å². The Morgan fingerprint density at radius 3 is 2.40 bits per heavy atom. The Morgan fingerprint density at radius 2 is 2.00 bits per heavy atom. The molecule has 0 aliphatic rings. The standard InChI is InChI=1S/C9H7Cl2NO2S/c1-15(13,14)9(5-12)7-3-2-6(10)4-8(7)11/h2-4,9H,1H3. The summed E-state index contributed by atoms with van der Waals surface area (Å²) in [5.41, 5.74) is 0.256. The largest absolute Gasteiger partial charge is 0.227 e. The van der Waals surface area contributed by atoms with E-state index in [1.807, 2.05) is 0 Å². The second-order valence-electron chi connectivity index (χ2n) is 3.00. The van der Waals surface area contributed by atoms with Crippen LogP contribution in [0.4, 0.5) is 0 Å². The van der Waals surface area contributed by atoms with Crippen molar-refractivity contribution in [3.05, 3.63) is 33.8 Å². The summed E-state index contributed by atoms with van der Waals surface area (Å²) in [6.07, 6.45) is 0.992. The second-order valence-corrected chi connectivity index (χ2v) is 5.98. The molecule has 0 N–H and O–H groups in total. The highest BCUT2D eigenvalue weighted by Crippen LogP contribution is 2.30. The highest BCUT2D eigenvalue weighted by Gasteiger charge is 2.24. The van der Waals surface area contributed by atoms with Crippen LogP contribution < -0.4 is 0 Å². The lowest BCUT2D eigenvalue weighted by Gasteiger charge is -2.09. The number of hydrogen-bond acceptors (Lipinski definition) is 3. The Kier molecular flexibility index (Phi) is 3.61. The number of nitriles is 1. The molecule has 6 heteroatoms. The van der Waals surface area contributed by atoms with E-state index in [4.69, 9.17) is 28.5 Å². The van der Waals surface area contributed by atoms with Gasteiger partial charge in [0.2, 0.25) is 0 Å². The van der Waals surface area contributed by atoms with Crippen molar-refractivity contribution in [1.29, 1.82) is 5.26 Å². The maximum absolute atomic E-state index is 11.3. The van der Waals surface area contributed by atoms with Crippen LogP contribution in [-0.4, -0.2) is 14.7 Å². The molecule has 0 heterocycles. The molecule has 0 aliphatic carbocycles. The van der Waals surface area contributed by atoms with Crippen LogP contribution in [0.5, 0.6) is 0 Å². The van der Waals surface area contributed by atoms with Crippen molar-refractivity contribution < 1.29 is 8.42 Å².